The summed E-state index contributed by atoms with van der Waals surface area (Å²) in [5.41, 5.74) is -0.0592. The lowest BCUT2D eigenvalue weighted by atomic mass is 10.2. The molecular formula is C11H10IN3O4. The third-order valence-electron chi connectivity index (χ3n) is 2.75. The Hall–Kier alpha value is -1.44. The summed E-state index contributed by atoms with van der Waals surface area (Å²) >= 11 is 1.88. The third-order valence-corrected chi connectivity index (χ3v) is 3.55. The molecule has 1 fully saturated rings. The zero-order chi connectivity index (χ0) is 14.0. The standard InChI is InChI=1S/C11H10IN3O4/c12-7-1-6(3-13)2-8(15(17)18)11(7)19-10-5-14-4-9(10)16/h1-2,9-10,14,16H,4-5H2. The molecule has 8 heteroatoms. The van der Waals surface area contributed by atoms with Crippen molar-refractivity contribution in [2.75, 3.05) is 13.1 Å². The molecule has 0 aliphatic carbocycles. The van der Waals surface area contributed by atoms with Crippen molar-refractivity contribution in [3.63, 3.8) is 0 Å². The number of hydrogen-bond acceptors (Lipinski definition) is 6. The van der Waals surface area contributed by atoms with Crippen molar-refractivity contribution in [3.05, 3.63) is 31.4 Å². The zero-order valence-corrected chi connectivity index (χ0v) is 11.8. The average Bonchev–Trinajstić information content (AvgIpc) is 2.76. The van der Waals surface area contributed by atoms with Gasteiger partial charge in [-0.15, -0.1) is 0 Å². The van der Waals surface area contributed by atoms with Gasteiger partial charge in [-0.1, -0.05) is 0 Å². The second-order valence-corrected chi connectivity index (χ2v) is 5.22. The molecule has 1 aliphatic heterocycles. The Balaban J connectivity index is 2.38. The van der Waals surface area contributed by atoms with Crippen molar-refractivity contribution >= 4 is 28.3 Å². The van der Waals surface area contributed by atoms with E-state index in [0.717, 1.165) is 0 Å². The number of rotatable bonds is 3. The van der Waals surface area contributed by atoms with E-state index in [0.29, 0.717) is 16.7 Å². The number of hydrogen-bond donors (Lipinski definition) is 2. The first-order valence-electron chi connectivity index (χ1n) is 5.46. The third kappa shape index (κ3) is 2.94. The van der Waals surface area contributed by atoms with E-state index in [1.807, 2.05) is 28.7 Å². The van der Waals surface area contributed by atoms with Crippen molar-refractivity contribution in [1.82, 2.24) is 5.32 Å². The molecule has 0 saturated carbocycles. The van der Waals surface area contributed by atoms with Gasteiger partial charge in [0, 0.05) is 19.2 Å². The van der Waals surface area contributed by atoms with Crippen LogP contribution in [-0.4, -0.2) is 35.3 Å². The molecule has 0 spiro atoms. The van der Waals surface area contributed by atoms with Crippen LogP contribution >= 0.6 is 22.6 Å². The number of nitro benzene ring substituents is 1. The fraction of sp³-hybridized carbons (Fsp3) is 0.364. The monoisotopic (exact) mass is 375 g/mol. The molecule has 2 atom stereocenters. The molecule has 2 N–H and O–H groups in total. The maximum Gasteiger partial charge on any atom is 0.313 e. The zero-order valence-electron chi connectivity index (χ0n) is 9.67. The summed E-state index contributed by atoms with van der Waals surface area (Å²) in [6.45, 7) is 0.819. The first-order valence-corrected chi connectivity index (χ1v) is 6.54. The number of β-amino-alcohol motifs (C(OH)–C–C–N with tert-alkyl or cyclic N) is 1. The van der Waals surface area contributed by atoms with Gasteiger partial charge in [0.15, 0.2) is 0 Å². The van der Waals surface area contributed by atoms with Crippen molar-refractivity contribution in [3.8, 4) is 11.8 Å². The molecule has 0 radical (unpaired) electrons. The molecule has 0 aromatic heterocycles. The van der Waals surface area contributed by atoms with Crippen LogP contribution in [0.3, 0.4) is 0 Å². The predicted octanol–water partition coefficient (Wildman–Crippen LogP) is 0.783. The summed E-state index contributed by atoms with van der Waals surface area (Å²) in [4.78, 5) is 10.4. The molecule has 1 aromatic rings. The number of nitriles is 1. The highest BCUT2D eigenvalue weighted by molar-refractivity contribution is 14.1. The summed E-state index contributed by atoms with van der Waals surface area (Å²) in [5, 5.41) is 32.4. The van der Waals surface area contributed by atoms with E-state index in [-0.39, 0.29) is 17.0 Å². The van der Waals surface area contributed by atoms with Crippen LogP contribution in [0.5, 0.6) is 5.75 Å². The summed E-state index contributed by atoms with van der Waals surface area (Å²) in [6, 6.07) is 4.55. The van der Waals surface area contributed by atoms with Gasteiger partial charge >= 0.3 is 5.69 Å². The normalized spacial score (nSPS) is 21.9. The molecule has 0 amide bonds. The maximum atomic E-state index is 11.0. The van der Waals surface area contributed by atoms with Gasteiger partial charge in [-0.05, 0) is 28.7 Å². The number of ether oxygens (including phenoxy) is 1. The van der Waals surface area contributed by atoms with Crippen LogP contribution in [-0.2, 0) is 0 Å². The Morgan fingerprint density at radius 2 is 2.32 bits per heavy atom. The van der Waals surface area contributed by atoms with Crippen molar-refractivity contribution in [2.45, 2.75) is 12.2 Å². The molecule has 7 nitrogen and oxygen atoms in total. The van der Waals surface area contributed by atoms with Crippen molar-refractivity contribution in [1.29, 1.82) is 5.26 Å². The smallest absolute Gasteiger partial charge is 0.313 e. The fourth-order valence-corrected chi connectivity index (χ4v) is 2.55. The van der Waals surface area contributed by atoms with E-state index >= 15 is 0 Å². The summed E-state index contributed by atoms with van der Waals surface area (Å²) in [5.74, 6) is 0.0948. The van der Waals surface area contributed by atoms with Gasteiger partial charge in [-0.25, -0.2) is 0 Å². The molecule has 1 aliphatic rings. The molecule has 2 unspecified atom stereocenters. The van der Waals surface area contributed by atoms with Crippen LogP contribution in [0.1, 0.15) is 5.56 Å². The number of aliphatic hydroxyl groups excluding tert-OH is 1. The Morgan fingerprint density at radius 1 is 1.58 bits per heavy atom. The number of aliphatic hydroxyl groups is 1. The Bertz CT molecular complexity index is 558. The highest BCUT2D eigenvalue weighted by Crippen LogP contribution is 2.34. The summed E-state index contributed by atoms with van der Waals surface area (Å²) in [7, 11) is 0. The average molecular weight is 375 g/mol. The number of halogens is 1. The lowest BCUT2D eigenvalue weighted by Crippen LogP contribution is -2.30. The Kier molecular flexibility index (Phi) is 4.18. The second kappa shape index (κ2) is 5.68. The molecule has 19 heavy (non-hydrogen) atoms. The maximum absolute atomic E-state index is 11.0. The minimum Gasteiger partial charge on any atom is -0.479 e. The van der Waals surface area contributed by atoms with Gasteiger partial charge in [-0.3, -0.25) is 10.1 Å². The Morgan fingerprint density at radius 3 is 2.84 bits per heavy atom. The number of benzene rings is 1. The first-order chi connectivity index (χ1) is 9.02. The minimum atomic E-state index is -0.703. The molecule has 1 saturated heterocycles. The molecular weight excluding hydrogens is 365 g/mol. The first kappa shape index (κ1) is 14.0. The highest BCUT2D eigenvalue weighted by atomic mass is 127. The van der Waals surface area contributed by atoms with Gasteiger partial charge in [0.2, 0.25) is 5.75 Å². The van der Waals surface area contributed by atoms with E-state index < -0.39 is 17.1 Å². The van der Waals surface area contributed by atoms with E-state index in [9.17, 15) is 15.2 Å². The van der Waals surface area contributed by atoms with E-state index in [4.69, 9.17) is 10.00 Å². The molecule has 1 heterocycles. The van der Waals surface area contributed by atoms with Crippen LogP contribution in [0.25, 0.3) is 0 Å². The van der Waals surface area contributed by atoms with Crippen LogP contribution in [0.4, 0.5) is 5.69 Å². The second-order valence-electron chi connectivity index (χ2n) is 4.06. The van der Waals surface area contributed by atoms with Crippen LogP contribution in [0.2, 0.25) is 0 Å². The van der Waals surface area contributed by atoms with E-state index in [1.165, 1.54) is 12.1 Å². The minimum absolute atomic E-state index is 0.0948. The van der Waals surface area contributed by atoms with Gasteiger partial charge in [0.05, 0.1) is 20.1 Å². The largest absolute Gasteiger partial charge is 0.479 e. The predicted molar refractivity (Wildman–Crippen MR) is 73.8 cm³/mol. The van der Waals surface area contributed by atoms with Crippen molar-refractivity contribution in [2.24, 2.45) is 0 Å². The summed E-state index contributed by atoms with van der Waals surface area (Å²) in [6.07, 6.45) is -1.23. The lowest BCUT2D eigenvalue weighted by Gasteiger charge is -2.17. The number of nitro groups is 1. The lowest BCUT2D eigenvalue weighted by molar-refractivity contribution is -0.386. The topological polar surface area (TPSA) is 108 Å². The molecule has 1 aromatic carbocycles. The quantitative estimate of drug-likeness (QED) is 0.459. The van der Waals surface area contributed by atoms with Gasteiger partial charge in [-0.2, -0.15) is 5.26 Å². The van der Waals surface area contributed by atoms with Crippen LogP contribution in [0.15, 0.2) is 12.1 Å². The number of nitrogens with zero attached hydrogens (tertiary/aromatic N) is 2. The SMILES string of the molecule is N#Cc1cc(I)c(OC2CNCC2O)c([N+](=O)[O-])c1. The van der Waals surface area contributed by atoms with Gasteiger partial charge in [0.25, 0.3) is 0 Å². The van der Waals surface area contributed by atoms with Gasteiger partial charge in [0.1, 0.15) is 12.2 Å². The fourth-order valence-electron chi connectivity index (χ4n) is 1.81. The van der Waals surface area contributed by atoms with Crippen LogP contribution < -0.4 is 10.1 Å². The van der Waals surface area contributed by atoms with E-state index in [1.54, 1.807) is 0 Å². The Labute approximate surface area is 122 Å². The molecule has 100 valence electrons. The highest BCUT2D eigenvalue weighted by Gasteiger charge is 2.30. The van der Waals surface area contributed by atoms with Crippen molar-refractivity contribution < 1.29 is 14.8 Å². The summed E-state index contributed by atoms with van der Waals surface area (Å²) < 4.78 is 6.01. The van der Waals surface area contributed by atoms with Crippen LogP contribution in [0, 0.1) is 25.0 Å². The molecule has 2 rings (SSSR count). The number of nitrogens with one attached hydrogen (secondary N) is 1. The van der Waals surface area contributed by atoms with E-state index in [2.05, 4.69) is 5.32 Å². The molecule has 0 bridgehead atoms. The van der Waals surface area contributed by atoms with Gasteiger partial charge < -0.3 is 15.2 Å².